The standard InChI is InChI=1S/C14H28N2/c1-4-12(3)9-16-11-14-7-6-8-15(14)10-13(16)5-2/h12-14H,4-11H2,1-3H3. The Kier molecular flexibility index (Phi) is 4.26. The van der Waals surface area contributed by atoms with Crippen molar-refractivity contribution in [1.82, 2.24) is 9.80 Å². The van der Waals surface area contributed by atoms with Crippen LogP contribution in [0, 0.1) is 5.92 Å². The summed E-state index contributed by atoms with van der Waals surface area (Å²) >= 11 is 0. The molecular formula is C14H28N2. The third-order valence-corrected chi connectivity index (χ3v) is 4.62. The molecular weight excluding hydrogens is 196 g/mol. The number of nitrogens with zero attached hydrogens (tertiary/aromatic N) is 2. The maximum Gasteiger partial charge on any atom is 0.0224 e. The molecule has 0 N–H and O–H groups in total. The van der Waals surface area contributed by atoms with Crippen molar-refractivity contribution in [3.05, 3.63) is 0 Å². The highest BCUT2D eigenvalue weighted by Crippen LogP contribution is 2.26. The summed E-state index contributed by atoms with van der Waals surface area (Å²) in [6.07, 6.45) is 5.51. The van der Waals surface area contributed by atoms with Gasteiger partial charge in [0.05, 0.1) is 0 Å². The lowest BCUT2D eigenvalue weighted by atomic mass is 10.0. The van der Waals surface area contributed by atoms with E-state index in [4.69, 9.17) is 0 Å². The van der Waals surface area contributed by atoms with E-state index in [1.165, 1.54) is 51.9 Å². The Morgan fingerprint density at radius 2 is 2.06 bits per heavy atom. The molecule has 2 saturated heterocycles. The Hall–Kier alpha value is -0.0800. The Labute approximate surface area is 101 Å². The van der Waals surface area contributed by atoms with Gasteiger partial charge in [-0.25, -0.2) is 0 Å². The number of hydrogen-bond acceptors (Lipinski definition) is 2. The summed E-state index contributed by atoms with van der Waals surface area (Å²) in [4.78, 5) is 5.52. The minimum atomic E-state index is 0.823. The zero-order valence-electron chi connectivity index (χ0n) is 11.3. The van der Waals surface area contributed by atoms with Gasteiger partial charge in [0.15, 0.2) is 0 Å². The minimum absolute atomic E-state index is 0.823. The highest BCUT2D eigenvalue weighted by Gasteiger charge is 2.35. The van der Waals surface area contributed by atoms with Crippen LogP contribution >= 0.6 is 0 Å². The molecule has 0 aliphatic carbocycles. The van der Waals surface area contributed by atoms with Gasteiger partial charge in [0, 0.05) is 31.7 Å². The maximum absolute atomic E-state index is 2.78. The third-order valence-electron chi connectivity index (χ3n) is 4.62. The van der Waals surface area contributed by atoms with Crippen LogP contribution in [0.1, 0.15) is 46.5 Å². The fourth-order valence-corrected chi connectivity index (χ4v) is 3.29. The van der Waals surface area contributed by atoms with Crippen molar-refractivity contribution < 1.29 is 0 Å². The lowest BCUT2D eigenvalue weighted by Gasteiger charge is -2.44. The van der Waals surface area contributed by atoms with Crippen LogP contribution < -0.4 is 0 Å². The van der Waals surface area contributed by atoms with Crippen LogP contribution in [0.4, 0.5) is 0 Å². The first-order valence-corrected chi connectivity index (χ1v) is 7.22. The molecule has 0 spiro atoms. The fourth-order valence-electron chi connectivity index (χ4n) is 3.29. The summed E-state index contributed by atoms with van der Waals surface area (Å²) in [5, 5.41) is 0. The summed E-state index contributed by atoms with van der Waals surface area (Å²) in [7, 11) is 0. The van der Waals surface area contributed by atoms with Gasteiger partial charge in [-0.1, -0.05) is 27.2 Å². The Morgan fingerprint density at radius 1 is 1.25 bits per heavy atom. The first-order valence-electron chi connectivity index (χ1n) is 7.22. The van der Waals surface area contributed by atoms with E-state index in [0.29, 0.717) is 0 Å². The fraction of sp³-hybridized carbons (Fsp3) is 1.00. The minimum Gasteiger partial charge on any atom is -0.298 e. The van der Waals surface area contributed by atoms with Gasteiger partial charge in [0.2, 0.25) is 0 Å². The summed E-state index contributed by atoms with van der Waals surface area (Å²) in [5.74, 6) is 0.863. The summed E-state index contributed by atoms with van der Waals surface area (Å²) in [5.41, 5.74) is 0. The van der Waals surface area contributed by atoms with Gasteiger partial charge in [-0.3, -0.25) is 9.80 Å². The van der Waals surface area contributed by atoms with Crippen molar-refractivity contribution in [2.24, 2.45) is 5.92 Å². The lowest BCUT2D eigenvalue weighted by molar-refractivity contribution is 0.0395. The van der Waals surface area contributed by atoms with E-state index < -0.39 is 0 Å². The Balaban J connectivity index is 1.94. The molecule has 16 heavy (non-hydrogen) atoms. The average molecular weight is 224 g/mol. The molecule has 0 saturated carbocycles. The van der Waals surface area contributed by atoms with Crippen LogP contribution in [0.3, 0.4) is 0 Å². The van der Waals surface area contributed by atoms with Gasteiger partial charge in [0.1, 0.15) is 0 Å². The zero-order valence-corrected chi connectivity index (χ0v) is 11.3. The van der Waals surface area contributed by atoms with Gasteiger partial charge in [-0.05, 0) is 31.7 Å². The first kappa shape index (κ1) is 12.4. The molecule has 0 aromatic heterocycles. The summed E-state index contributed by atoms with van der Waals surface area (Å²) < 4.78 is 0. The third kappa shape index (κ3) is 2.60. The van der Waals surface area contributed by atoms with Crippen LogP contribution in [0.2, 0.25) is 0 Å². The van der Waals surface area contributed by atoms with E-state index >= 15 is 0 Å². The van der Waals surface area contributed by atoms with Crippen molar-refractivity contribution in [2.45, 2.75) is 58.5 Å². The van der Waals surface area contributed by atoms with E-state index in [0.717, 1.165) is 18.0 Å². The second kappa shape index (κ2) is 5.50. The predicted octanol–water partition coefficient (Wildman–Crippen LogP) is 2.59. The molecule has 0 amide bonds. The van der Waals surface area contributed by atoms with Crippen molar-refractivity contribution in [1.29, 1.82) is 0 Å². The van der Waals surface area contributed by atoms with Crippen molar-refractivity contribution in [3.63, 3.8) is 0 Å². The van der Waals surface area contributed by atoms with Crippen LogP contribution in [-0.2, 0) is 0 Å². The van der Waals surface area contributed by atoms with Crippen molar-refractivity contribution in [3.8, 4) is 0 Å². The van der Waals surface area contributed by atoms with Crippen molar-refractivity contribution in [2.75, 3.05) is 26.2 Å². The summed E-state index contributed by atoms with van der Waals surface area (Å²) in [6, 6.07) is 1.70. The smallest absolute Gasteiger partial charge is 0.0224 e. The Morgan fingerprint density at radius 3 is 2.75 bits per heavy atom. The first-order chi connectivity index (χ1) is 7.74. The van der Waals surface area contributed by atoms with Crippen LogP contribution in [0.15, 0.2) is 0 Å². The highest BCUT2D eigenvalue weighted by molar-refractivity contribution is 4.91. The Bertz CT molecular complexity index is 217. The molecule has 2 aliphatic rings. The normalized spacial score (nSPS) is 33.9. The van der Waals surface area contributed by atoms with Crippen LogP contribution in [0.25, 0.3) is 0 Å². The molecule has 3 unspecified atom stereocenters. The van der Waals surface area contributed by atoms with Crippen LogP contribution in [-0.4, -0.2) is 48.1 Å². The molecule has 0 radical (unpaired) electrons. The second-order valence-corrected chi connectivity index (χ2v) is 5.82. The molecule has 94 valence electrons. The van der Waals surface area contributed by atoms with Gasteiger partial charge in [-0.2, -0.15) is 0 Å². The number of fused-ring (bicyclic) bond motifs is 1. The quantitative estimate of drug-likeness (QED) is 0.724. The SMILES string of the molecule is CCC(C)CN1CC2CCCN2CC1CC. The summed E-state index contributed by atoms with van der Waals surface area (Å²) in [6.45, 7) is 12.4. The van der Waals surface area contributed by atoms with Gasteiger partial charge < -0.3 is 0 Å². The molecule has 0 aromatic carbocycles. The van der Waals surface area contributed by atoms with E-state index in [2.05, 4.69) is 30.6 Å². The lowest BCUT2D eigenvalue weighted by Crippen LogP contribution is -2.56. The molecule has 2 nitrogen and oxygen atoms in total. The van der Waals surface area contributed by atoms with E-state index in [1.807, 2.05) is 0 Å². The van der Waals surface area contributed by atoms with E-state index in [1.54, 1.807) is 0 Å². The predicted molar refractivity (Wildman–Crippen MR) is 69.7 cm³/mol. The number of piperazine rings is 1. The highest BCUT2D eigenvalue weighted by atomic mass is 15.3. The molecule has 2 aliphatic heterocycles. The van der Waals surface area contributed by atoms with E-state index in [-0.39, 0.29) is 0 Å². The maximum atomic E-state index is 2.78. The zero-order chi connectivity index (χ0) is 11.5. The monoisotopic (exact) mass is 224 g/mol. The molecule has 0 aromatic rings. The van der Waals surface area contributed by atoms with Crippen molar-refractivity contribution >= 4 is 0 Å². The average Bonchev–Trinajstić information content (AvgIpc) is 2.74. The molecule has 2 heterocycles. The second-order valence-electron chi connectivity index (χ2n) is 5.82. The topological polar surface area (TPSA) is 6.48 Å². The molecule has 2 rings (SSSR count). The van der Waals surface area contributed by atoms with E-state index in [9.17, 15) is 0 Å². The molecule has 2 fully saturated rings. The number of hydrogen-bond donors (Lipinski definition) is 0. The molecule has 2 heteroatoms. The number of rotatable bonds is 4. The molecule has 0 bridgehead atoms. The van der Waals surface area contributed by atoms with Gasteiger partial charge in [-0.15, -0.1) is 0 Å². The van der Waals surface area contributed by atoms with Gasteiger partial charge >= 0.3 is 0 Å². The molecule has 3 atom stereocenters. The van der Waals surface area contributed by atoms with Crippen LogP contribution in [0.5, 0.6) is 0 Å². The van der Waals surface area contributed by atoms with Gasteiger partial charge in [0.25, 0.3) is 0 Å². The largest absolute Gasteiger partial charge is 0.298 e.